The van der Waals surface area contributed by atoms with Crippen LogP contribution in [0.5, 0.6) is 17.2 Å². The van der Waals surface area contributed by atoms with Gasteiger partial charge < -0.3 is 29.0 Å². The maximum Gasteiger partial charge on any atom is 0.295 e. The molecule has 5 rings (SSSR count). The van der Waals surface area contributed by atoms with Gasteiger partial charge in [-0.05, 0) is 60.4 Å². The Labute approximate surface area is 233 Å². The van der Waals surface area contributed by atoms with E-state index in [-0.39, 0.29) is 24.0 Å². The second-order valence-corrected chi connectivity index (χ2v) is 9.98. The molecule has 1 N–H and O–H groups in total. The number of rotatable bonds is 10. The molecule has 3 aromatic carbocycles. The number of fused-ring (bicyclic) bond motifs is 1. The number of methoxy groups -OCH3 is 2. The summed E-state index contributed by atoms with van der Waals surface area (Å²) in [6.45, 7) is 3.04. The standard InChI is InChI=1S/C32H33NO7/c1-20-16-24-17-23(11-12-25(24)40-20)30(34)28-29(33(14-7-15-37-2)32(36)31(28)35)22-10-13-26(27(18-22)38-3)39-19-21-8-5-4-6-9-21/h4-6,8-13,17-18,20,29,34H,7,14-16,19H2,1-3H3. The molecule has 8 heteroatoms. The van der Waals surface area contributed by atoms with E-state index in [0.29, 0.717) is 48.7 Å². The molecule has 0 radical (unpaired) electrons. The quantitative estimate of drug-likeness (QED) is 0.165. The Bertz CT molecular complexity index is 1430. The predicted molar refractivity (Wildman–Crippen MR) is 150 cm³/mol. The second kappa shape index (κ2) is 11.8. The fraction of sp³-hybridized carbons (Fsp3) is 0.312. The van der Waals surface area contributed by atoms with Crippen LogP contribution in [-0.2, 0) is 27.4 Å². The summed E-state index contributed by atoms with van der Waals surface area (Å²) in [6.07, 6.45) is 1.27. The number of likely N-dealkylation sites (tertiary alicyclic amines) is 1. The van der Waals surface area contributed by atoms with E-state index in [9.17, 15) is 14.7 Å². The highest BCUT2D eigenvalue weighted by Crippen LogP contribution is 2.43. The molecule has 0 bridgehead atoms. The summed E-state index contributed by atoms with van der Waals surface area (Å²) < 4.78 is 22.6. The third-order valence-electron chi connectivity index (χ3n) is 7.20. The molecule has 0 spiro atoms. The lowest BCUT2D eigenvalue weighted by Crippen LogP contribution is -2.31. The zero-order valence-electron chi connectivity index (χ0n) is 22.9. The molecule has 1 fully saturated rings. The van der Waals surface area contributed by atoms with Crippen LogP contribution in [0.3, 0.4) is 0 Å². The third-order valence-corrected chi connectivity index (χ3v) is 7.20. The Morgan fingerprint density at radius 2 is 1.82 bits per heavy atom. The fourth-order valence-corrected chi connectivity index (χ4v) is 5.27. The number of carbonyl (C=O) groups is 2. The van der Waals surface area contributed by atoms with Gasteiger partial charge in [0.25, 0.3) is 11.7 Å². The van der Waals surface area contributed by atoms with Crippen molar-refractivity contribution in [2.75, 3.05) is 27.4 Å². The molecule has 2 aliphatic heterocycles. The number of ether oxygens (including phenoxy) is 4. The number of ketones is 1. The number of carbonyl (C=O) groups excluding carboxylic acids is 2. The minimum absolute atomic E-state index is 0.0360. The summed E-state index contributed by atoms with van der Waals surface area (Å²) >= 11 is 0. The number of hydrogen-bond acceptors (Lipinski definition) is 7. The van der Waals surface area contributed by atoms with Crippen molar-refractivity contribution in [3.8, 4) is 17.2 Å². The molecule has 3 aromatic rings. The molecular formula is C32H33NO7. The van der Waals surface area contributed by atoms with Gasteiger partial charge in [-0.1, -0.05) is 36.4 Å². The molecule has 1 amide bonds. The predicted octanol–water partition coefficient (Wildman–Crippen LogP) is 5.06. The Hall–Kier alpha value is -4.30. The van der Waals surface area contributed by atoms with Crippen molar-refractivity contribution in [1.82, 2.24) is 4.90 Å². The number of nitrogens with zero attached hydrogens (tertiary/aromatic N) is 1. The van der Waals surface area contributed by atoms with E-state index in [1.807, 2.05) is 43.3 Å². The summed E-state index contributed by atoms with van der Waals surface area (Å²) in [5.41, 5.74) is 3.08. The molecule has 0 saturated carbocycles. The largest absolute Gasteiger partial charge is 0.507 e. The average molecular weight is 544 g/mol. The van der Waals surface area contributed by atoms with Crippen LogP contribution in [0.4, 0.5) is 0 Å². The van der Waals surface area contributed by atoms with Crippen molar-refractivity contribution in [3.05, 3.63) is 94.6 Å². The average Bonchev–Trinajstić information content (AvgIpc) is 3.47. The van der Waals surface area contributed by atoms with Crippen LogP contribution in [0.15, 0.2) is 72.3 Å². The van der Waals surface area contributed by atoms with Crippen molar-refractivity contribution in [1.29, 1.82) is 0 Å². The van der Waals surface area contributed by atoms with Crippen molar-refractivity contribution < 1.29 is 33.6 Å². The van der Waals surface area contributed by atoms with E-state index in [1.165, 1.54) is 12.0 Å². The molecule has 40 heavy (non-hydrogen) atoms. The number of Topliss-reactive ketones (excluding diaryl/α,β-unsaturated/α-hetero) is 1. The lowest BCUT2D eigenvalue weighted by Gasteiger charge is -2.26. The summed E-state index contributed by atoms with van der Waals surface area (Å²) in [5.74, 6) is 0.135. The molecule has 8 nitrogen and oxygen atoms in total. The normalized spacial score (nSPS) is 19.4. The second-order valence-electron chi connectivity index (χ2n) is 9.98. The summed E-state index contributed by atoms with van der Waals surface area (Å²) in [4.78, 5) is 28.1. The maximum atomic E-state index is 13.4. The van der Waals surface area contributed by atoms with Gasteiger partial charge in [-0.25, -0.2) is 0 Å². The highest BCUT2D eigenvalue weighted by atomic mass is 16.5. The van der Waals surface area contributed by atoms with Crippen molar-refractivity contribution in [2.45, 2.75) is 38.5 Å². The van der Waals surface area contributed by atoms with Crippen LogP contribution in [-0.4, -0.2) is 55.2 Å². The molecule has 2 atom stereocenters. The number of hydrogen-bond donors (Lipinski definition) is 1. The SMILES string of the molecule is COCCCN1C(=O)C(=O)C(=C(O)c2ccc3c(c2)CC(C)O3)C1c1ccc(OCc2ccccc2)c(OC)c1. The first-order valence-electron chi connectivity index (χ1n) is 13.3. The zero-order valence-corrected chi connectivity index (χ0v) is 22.9. The molecule has 1 saturated heterocycles. The van der Waals surface area contributed by atoms with E-state index >= 15 is 0 Å². The van der Waals surface area contributed by atoms with E-state index in [4.69, 9.17) is 18.9 Å². The smallest absolute Gasteiger partial charge is 0.295 e. The number of amides is 1. The van der Waals surface area contributed by atoms with E-state index in [1.54, 1.807) is 37.4 Å². The van der Waals surface area contributed by atoms with Gasteiger partial charge >= 0.3 is 0 Å². The van der Waals surface area contributed by atoms with E-state index in [2.05, 4.69) is 0 Å². The third kappa shape index (κ3) is 5.40. The monoisotopic (exact) mass is 543 g/mol. The van der Waals surface area contributed by atoms with Gasteiger partial charge in [0.1, 0.15) is 24.2 Å². The lowest BCUT2D eigenvalue weighted by atomic mass is 9.94. The van der Waals surface area contributed by atoms with Gasteiger partial charge in [-0.15, -0.1) is 0 Å². The first-order chi connectivity index (χ1) is 19.4. The Kier molecular flexibility index (Phi) is 8.07. The van der Waals surface area contributed by atoms with Crippen LogP contribution in [0.1, 0.15) is 41.6 Å². The van der Waals surface area contributed by atoms with Crippen LogP contribution in [0.2, 0.25) is 0 Å². The molecule has 2 heterocycles. The van der Waals surface area contributed by atoms with Crippen LogP contribution in [0, 0.1) is 0 Å². The molecular weight excluding hydrogens is 510 g/mol. The van der Waals surface area contributed by atoms with Gasteiger partial charge in [-0.3, -0.25) is 9.59 Å². The van der Waals surface area contributed by atoms with Gasteiger partial charge in [0.2, 0.25) is 0 Å². The van der Waals surface area contributed by atoms with Crippen LogP contribution in [0.25, 0.3) is 5.76 Å². The van der Waals surface area contributed by atoms with Crippen LogP contribution < -0.4 is 14.2 Å². The van der Waals surface area contributed by atoms with Crippen molar-refractivity contribution in [2.24, 2.45) is 0 Å². The molecule has 2 aliphatic rings. The highest BCUT2D eigenvalue weighted by molar-refractivity contribution is 6.46. The highest BCUT2D eigenvalue weighted by Gasteiger charge is 2.46. The minimum Gasteiger partial charge on any atom is -0.507 e. The zero-order chi connectivity index (χ0) is 28.2. The van der Waals surface area contributed by atoms with Gasteiger partial charge in [-0.2, -0.15) is 0 Å². The van der Waals surface area contributed by atoms with Crippen LogP contribution >= 0.6 is 0 Å². The van der Waals surface area contributed by atoms with Gasteiger partial charge in [0, 0.05) is 32.2 Å². The number of aliphatic hydroxyl groups is 1. The first kappa shape index (κ1) is 27.3. The van der Waals surface area contributed by atoms with Crippen molar-refractivity contribution >= 4 is 17.4 Å². The van der Waals surface area contributed by atoms with Gasteiger partial charge in [0.15, 0.2) is 11.5 Å². The topological polar surface area (TPSA) is 94.5 Å². The molecule has 208 valence electrons. The van der Waals surface area contributed by atoms with Crippen molar-refractivity contribution in [3.63, 3.8) is 0 Å². The minimum atomic E-state index is -0.808. The molecule has 2 unspecified atom stereocenters. The number of aliphatic hydroxyl groups excluding tert-OH is 1. The van der Waals surface area contributed by atoms with E-state index < -0.39 is 17.7 Å². The first-order valence-corrected chi connectivity index (χ1v) is 13.3. The molecule has 0 aromatic heterocycles. The van der Waals surface area contributed by atoms with Gasteiger partial charge in [0.05, 0.1) is 18.7 Å². The Balaban J connectivity index is 1.53. The Morgan fingerprint density at radius 3 is 2.58 bits per heavy atom. The van der Waals surface area contributed by atoms with E-state index in [0.717, 1.165) is 16.9 Å². The number of benzene rings is 3. The Morgan fingerprint density at radius 1 is 1.02 bits per heavy atom. The molecule has 0 aliphatic carbocycles. The fourth-order valence-electron chi connectivity index (χ4n) is 5.27. The lowest BCUT2D eigenvalue weighted by molar-refractivity contribution is -0.140. The summed E-state index contributed by atoms with van der Waals surface area (Å²) in [7, 11) is 3.13. The summed E-state index contributed by atoms with van der Waals surface area (Å²) in [5, 5.41) is 11.5. The maximum absolute atomic E-state index is 13.4. The summed E-state index contributed by atoms with van der Waals surface area (Å²) in [6, 6.07) is 19.6.